The fourth-order valence-electron chi connectivity index (χ4n) is 7.63. The number of carbonyl (C=O) groups excluding carboxylic acids is 3. The first kappa shape index (κ1) is 53.4. The Bertz CT molecular complexity index is 824. The van der Waals surface area contributed by atoms with Crippen molar-refractivity contribution in [1.82, 2.24) is 9.80 Å². The van der Waals surface area contributed by atoms with Gasteiger partial charge in [0, 0.05) is 12.5 Å². The Hall–Kier alpha value is -1.63. The quantitative estimate of drug-likeness (QED) is 0.0454. The molecule has 0 heterocycles. The van der Waals surface area contributed by atoms with Gasteiger partial charge in [0.1, 0.15) is 13.2 Å². The zero-order valence-electron chi connectivity index (χ0n) is 37.9. The van der Waals surface area contributed by atoms with Gasteiger partial charge in [-0.3, -0.25) is 14.4 Å². The molecule has 0 aromatic rings. The molecule has 55 heavy (non-hydrogen) atoms. The molecule has 0 spiro atoms. The molecule has 0 aromatic heterocycles. The van der Waals surface area contributed by atoms with Crippen molar-refractivity contribution in [3.63, 3.8) is 0 Å². The smallest absolute Gasteiger partial charge is 0.308 e. The summed E-state index contributed by atoms with van der Waals surface area (Å²) in [6, 6.07) is 0.118. The Balaban J connectivity index is 5.61. The molecule has 0 saturated heterocycles. The van der Waals surface area contributed by atoms with Crippen molar-refractivity contribution < 1.29 is 23.9 Å². The Morgan fingerprint density at radius 2 is 0.727 bits per heavy atom. The van der Waals surface area contributed by atoms with Crippen molar-refractivity contribution in [1.29, 1.82) is 0 Å². The lowest BCUT2D eigenvalue weighted by molar-refractivity contribution is -0.152. The van der Waals surface area contributed by atoms with Gasteiger partial charge in [0.05, 0.1) is 24.9 Å². The summed E-state index contributed by atoms with van der Waals surface area (Å²) < 4.78 is 11.9. The first-order valence-corrected chi connectivity index (χ1v) is 24.1. The van der Waals surface area contributed by atoms with E-state index in [9.17, 15) is 14.4 Å². The van der Waals surface area contributed by atoms with Crippen LogP contribution in [0.2, 0.25) is 0 Å². The van der Waals surface area contributed by atoms with Crippen LogP contribution in [0.25, 0.3) is 0 Å². The summed E-state index contributed by atoms with van der Waals surface area (Å²) in [7, 11) is 0. The van der Waals surface area contributed by atoms with Crippen molar-refractivity contribution in [2.45, 2.75) is 241 Å². The molecule has 7 heteroatoms. The molecule has 0 aromatic carbocycles. The molecule has 0 saturated carbocycles. The summed E-state index contributed by atoms with van der Waals surface area (Å²) in [6.45, 7) is 18.5. The van der Waals surface area contributed by atoms with E-state index in [2.05, 4.69) is 53.4 Å². The van der Waals surface area contributed by atoms with Gasteiger partial charge in [0.15, 0.2) is 0 Å². The molecule has 326 valence electrons. The average molecular weight is 779 g/mol. The standard InChI is InChI=1S/C48H94N2O5/c1-8-14-20-24-26-30-34-44(32-28-22-16-10-3)47(52)54-40-38-50(46(51)42-43(7)49(36-18-12-5)37-19-13-6)39-41-55-48(53)45(33-29-23-17-11-4)35-31-27-25-21-15-9-2/h43-45H,8-42H2,1-7H3. The highest BCUT2D eigenvalue weighted by Crippen LogP contribution is 2.22. The number of hydrogen-bond donors (Lipinski definition) is 0. The topological polar surface area (TPSA) is 76.1 Å². The van der Waals surface area contributed by atoms with Crippen LogP contribution in [-0.2, 0) is 23.9 Å². The second-order valence-electron chi connectivity index (χ2n) is 16.7. The molecular formula is C48H94N2O5. The van der Waals surface area contributed by atoms with Crippen molar-refractivity contribution in [2.24, 2.45) is 11.8 Å². The minimum absolute atomic E-state index is 0.0454. The minimum Gasteiger partial charge on any atom is -0.464 e. The number of hydrogen-bond acceptors (Lipinski definition) is 6. The summed E-state index contributed by atoms with van der Waals surface area (Å²) >= 11 is 0. The highest BCUT2D eigenvalue weighted by atomic mass is 16.5. The van der Waals surface area contributed by atoms with Gasteiger partial charge in [-0.15, -0.1) is 0 Å². The molecule has 0 N–H and O–H groups in total. The number of carbonyl (C=O) groups is 3. The molecule has 0 rings (SSSR count). The van der Waals surface area contributed by atoms with Crippen molar-refractivity contribution in [3.05, 3.63) is 0 Å². The molecule has 0 radical (unpaired) electrons. The van der Waals surface area contributed by atoms with Crippen LogP contribution in [0.15, 0.2) is 0 Å². The SMILES string of the molecule is CCCCCCCCC(CCCCCC)C(=O)OCCN(CCOC(=O)C(CCCCCC)CCCCCCCC)C(=O)CC(C)N(CCCC)CCCC. The second kappa shape index (κ2) is 39.2. The fourth-order valence-corrected chi connectivity index (χ4v) is 7.63. The normalized spacial score (nSPS) is 13.2. The van der Waals surface area contributed by atoms with Crippen LogP contribution in [0.4, 0.5) is 0 Å². The molecule has 7 nitrogen and oxygen atoms in total. The largest absolute Gasteiger partial charge is 0.464 e. The molecule has 3 unspecified atom stereocenters. The van der Waals surface area contributed by atoms with Gasteiger partial charge in [-0.25, -0.2) is 0 Å². The van der Waals surface area contributed by atoms with Crippen LogP contribution in [0.5, 0.6) is 0 Å². The predicted molar refractivity (Wildman–Crippen MR) is 234 cm³/mol. The van der Waals surface area contributed by atoms with E-state index < -0.39 is 0 Å². The minimum atomic E-state index is -0.108. The van der Waals surface area contributed by atoms with Gasteiger partial charge in [-0.1, -0.05) is 183 Å². The lowest BCUT2D eigenvalue weighted by Gasteiger charge is -2.31. The number of nitrogens with zero attached hydrogens (tertiary/aromatic N) is 2. The Labute approximate surface area is 342 Å². The van der Waals surface area contributed by atoms with E-state index in [1.165, 1.54) is 89.9 Å². The van der Waals surface area contributed by atoms with Gasteiger partial charge >= 0.3 is 11.9 Å². The van der Waals surface area contributed by atoms with E-state index in [1.807, 2.05) is 0 Å². The summed E-state index contributed by atoms with van der Waals surface area (Å²) in [4.78, 5) is 45.1. The zero-order valence-corrected chi connectivity index (χ0v) is 37.9. The Kier molecular flexibility index (Phi) is 38.0. The Morgan fingerprint density at radius 3 is 1.07 bits per heavy atom. The zero-order chi connectivity index (χ0) is 40.8. The van der Waals surface area contributed by atoms with E-state index in [0.717, 1.165) is 103 Å². The van der Waals surface area contributed by atoms with E-state index in [0.29, 0.717) is 19.5 Å². The molecule has 0 aliphatic carbocycles. The first-order valence-electron chi connectivity index (χ1n) is 24.1. The number of unbranched alkanes of at least 4 members (excludes halogenated alkanes) is 18. The lowest BCUT2D eigenvalue weighted by atomic mass is 9.94. The summed E-state index contributed by atoms with van der Waals surface area (Å²) in [5.41, 5.74) is 0. The van der Waals surface area contributed by atoms with E-state index in [4.69, 9.17) is 9.47 Å². The van der Waals surface area contributed by atoms with Gasteiger partial charge < -0.3 is 19.3 Å². The maximum absolute atomic E-state index is 13.9. The van der Waals surface area contributed by atoms with Crippen molar-refractivity contribution in [3.8, 4) is 0 Å². The number of ether oxygens (including phenoxy) is 2. The van der Waals surface area contributed by atoms with Crippen LogP contribution in [0.1, 0.15) is 235 Å². The molecular weight excluding hydrogens is 685 g/mol. The summed E-state index contributed by atoms with van der Waals surface area (Å²) in [5, 5.41) is 0. The van der Waals surface area contributed by atoms with Gasteiger partial charge in [0.25, 0.3) is 0 Å². The molecule has 0 bridgehead atoms. The third-order valence-electron chi connectivity index (χ3n) is 11.5. The van der Waals surface area contributed by atoms with Gasteiger partial charge in [-0.2, -0.15) is 0 Å². The van der Waals surface area contributed by atoms with Gasteiger partial charge in [0.2, 0.25) is 5.91 Å². The van der Waals surface area contributed by atoms with Crippen LogP contribution in [0.3, 0.4) is 0 Å². The third kappa shape index (κ3) is 30.2. The van der Waals surface area contributed by atoms with E-state index in [1.54, 1.807) is 4.90 Å². The number of rotatable bonds is 41. The summed E-state index contributed by atoms with van der Waals surface area (Å²) in [5.74, 6) is -0.310. The maximum atomic E-state index is 13.9. The van der Waals surface area contributed by atoms with Crippen LogP contribution in [0, 0.1) is 11.8 Å². The molecule has 0 aliphatic rings. The number of amides is 1. The summed E-state index contributed by atoms with van der Waals surface area (Å²) in [6.07, 6.45) is 32.1. The maximum Gasteiger partial charge on any atom is 0.308 e. The second-order valence-corrected chi connectivity index (χ2v) is 16.7. The average Bonchev–Trinajstić information content (AvgIpc) is 3.18. The molecule has 0 fully saturated rings. The third-order valence-corrected chi connectivity index (χ3v) is 11.5. The highest BCUT2D eigenvalue weighted by molar-refractivity contribution is 5.77. The molecule has 1 amide bonds. The highest BCUT2D eigenvalue weighted by Gasteiger charge is 2.25. The van der Waals surface area contributed by atoms with Crippen molar-refractivity contribution in [2.75, 3.05) is 39.4 Å². The monoisotopic (exact) mass is 779 g/mol. The first-order chi connectivity index (χ1) is 26.8. The number of esters is 2. The van der Waals surface area contributed by atoms with E-state index >= 15 is 0 Å². The van der Waals surface area contributed by atoms with Crippen molar-refractivity contribution >= 4 is 17.8 Å². The fraction of sp³-hybridized carbons (Fsp3) is 0.938. The van der Waals surface area contributed by atoms with Crippen LogP contribution in [-0.4, -0.2) is 73.1 Å². The predicted octanol–water partition coefficient (Wildman–Crippen LogP) is 13.3. The van der Waals surface area contributed by atoms with Crippen LogP contribution < -0.4 is 0 Å². The molecule has 0 aliphatic heterocycles. The lowest BCUT2D eigenvalue weighted by Crippen LogP contribution is -2.43. The van der Waals surface area contributed by atoms with E-state index in [-0.39, 0.29) is 48.9 Å². The van der Waals surface area contributed by atoms with Crippen LogP contribution >= 0.6 is 0 Å². The van der Waals surface area contributed by atoms with Gasteiger partial charge in [-0.05, 0) is 58.5 Å². The Morgan fingerprint density at radius 1 is 0.418 bits per heavy atom. The molecule has 3 atom stereocenters.